The first-order chi connectivity index (χ1) is 14.2. The molecular weight excluding hydrogens is 364 g/mol. The molecule has 1 saturated heterocycles. The molecule has 0 radical (unpaired) electrons. The third-order valence-corrected chi connectivity index (χ3v) is 6.71. The minimum absolute atomic E-state index is 0.0175. The van der Waals surface area contributed by atoms with Gasteiger partial charge in [0.05, 0.1) is 6.04 Å². The van der Waals surface area contributed by atoms with Crippen LogP contribution in [0.25, 0.3) is 11.4 Å². The SMILES string of the molecule is CC1CCC2NNC(C(=O)NC3CCCc4nc(-c5cccnc5)ncc43)C2C1. The van der Waals surface area contributed by atoms with Gasteiger partial charge in [-0.1, -0.05) is 6.92 Å². The Balaban J connectivity index is 1.32. The van der Waals surface area contributed by atoms with Crippen LogP contribution in [0.4, 0.5) is 0 Å². The molecule has 5 unspecified atom stereocenters. The average molecular weight is 393 g/mol. The minimum atomic E-state index is -0.163. The van der Waals surface area contributed by atoms with Crippen molar-refractivity contribution in [3.63, 3.8) is 0 Å². The van der Waals surface area contributed by atoms with E-state index in [0.717, 1.165) is 48.9 Å². The molecule has 152 valence electrons. The maximum atomic E-state index is 13.1. The van der Waals surface area contributed by atoms with E-state index in [2.05, 4.69) is 33.1 Å². The van der Waals surface area contributed by atoms with Crippen LogP contribution in [0, 0.1) is 11.8 Å². The van der Waals surface area contributed by atoms with Gasteiger partial charge in [0.15, 0.2) is 5.82 Å². The summed E-state index contributed by atoms with van der Waals surface area (Å²) in [5.74, 6) is 1.84. The lowest BCUT2D eigenvalue weighted by molar-refractivity contribution is -0.125. The quantitative estimate of drug-likeness (QED) is 0.742. The molecule has 29 heavy (non-hydrogen) atoms. The van der Waals surface area contributed by atoms with Crippen LogP contribution in [0.2, 0.25) is 0 Å². The summed E-state index contributed by atoms with van der Waals surface area (Å²) >= 11 is 0. The molecule has 3 N–H and O–H groups in total. The molecule has 1 saturated carbocycles. The Labute approximate surface area is 171 Å². The molecule has 1 aliphatic heterocycles. The van der Waals surface area contributed by atoms with Crippen LogP contribution >= 0.6 is 0 Å². The predicted octanol–water partition coefficient (Wildman–Crippen LogP) is 2.31. The number of hydrogen-bond acceptors (Lipinski definition) is 6. The first-order valence-electron chi connectivity index (χ1n) is 10.8. The number of fused-ring (bicyclic) bond motifs is 2. The molecule has 5 rings (SSSR count). The number of nitrogens with one attached hydrogen (secondary N) is 3. The Morgan fingerprint density at radius 2 is 2.14 bits per heavy atom. The van der Waals surface area contributed by atoms with Gasteiger partial charge in [-0.25, -0.2) is 15.4 Å². The summed E-state index contributed by atoms with van der Waals surface area (Å²) in [6.45, 7) is 2.29. The van der Waals surface area contributed by atoms with Gasteiger partial charge >= 0.3 is 0 Å². The fraction of sp³-hybridized carbons (Fsp3) is 0.545. The van der Waals surface area contributed by atoms with Crippen molar-refractivity contribution in [1.82, 2.24) is 31.1 Å². The summed E-state index contributed by atoms with van der Waals surface area (Å²) in [4.78, 5) is 26.6. The van der Waals surface area contributed by atoms with Gasteiger partial charge in [-0.3, -0.25) is 15.2 Å². The van der Waals surface area contributed by atoms with Crippen LogP contribution in [0.5, 0.6) is 0 Å². The van der Waals surface area contributed by atoms with E-state index in [1.807, 2.05) is 18.3 Å². The van der Waals surface area contributed by atoms with Gasteiger partial charge in [-0.15, -0.1) is 0 Å². The van der Waals surface area contributed by atoms with Crippen molar-refractivity contribution in [3.05, 3.63) is 42.0 Å². The zero-order chi connectivity index (χ0) is 19.8. The highest BCUT2D eigenvalue weighted by atomic mass is 16.2. The molecule has 3 aliphatic rings. The van der Waals surface area contributed by atoms with Crippen LogP contribution < -0.4 is 16.2 Å². The van der Waals surface area contributed by atoms with Gasteiger partial charge in [0.25, 0.3) is 0 Å². The number of aromatic nitrogens is 3. The number of amides is 1. The standard InChI is InChI=1S/C22H28N6O/c1-13-7-8-19-15(10-13)20(28-27-19)22(29)26-18-6-2-5-17-16(18)12-24-21(25-17)14-4-3-9-23-11-14/h3-4,9,11-13,15,18-20,27-28H,2,5-8,10H2,1H3,(H,26,29). The molecule has 0 aromatic carbocycles. The van der Waals surface area contributed by atoms with E-state index in [4.69, 9.17) is 4.98 Å². The second kappa shape index (κ2) is 7.80. The van der Waals surface area contributed by atoms with Crippen molar-refractivity contribution in [2.75, 3.05) is 0 Å². The maximum absolute atomic E-state index is 13.1. The van der Waals surface area contributed by atoms with Gasteiger partial charge in [0, 0.05) is 47.4 Å². The Morgan fingerprint density at radius 1 is 1.21 bits per heavy atom. The largest absolute Gasteiger partial charge is 0.348 e. The zero-order valence-corrected chi connectivity index (χ0v) is 16.8. The summed E-state index contributed by atoms with van der Waals surface area (Å²) in [7, 11) is 0. The third-order valence-electron chi connectivity index (χ3n) is 6.71. The van der Waals surface area contributed by atoms with E-state index in [1.54, 1.807) is 12.4 Å². The number of hydrogen-bond donors (Lipinski definition) is 3. The smallest absolute Gasteiger partial charge is 0.239 e. The number of hydrazine groups is 1. The summed E-state index contributed by atoms with van der Waals surface area (Å²) in [5.41, 5.74) is 9.62. The number of nitrogens with zero attached hydrogens (tertiary/aromatic N) is 3. The van der Waals surface area contributed by atoms with Crippen molar-refractivity contribution < 1.29 is 4.79 Å². The first-order valence-corrected chi connectivity index (χ1v) is 10.8. The van der Waals surface area contributed by atoms with E-state index >= 15 is 0 Å². The van der Waals surface area contributed by atoms with Crippen LogP contribution in [-0.2, 0) is 11.2 Å². The van der Waals surface area contributed by atoms with Crippen molar-refractivity contribution >= 4 is 5.91 Å². The second-order valence-corrected chi connectivity index (χ2v) is 8.75. The monoisotopic (exact) mass is 392 g/mol. The number of pyridine rings is 1. The fourth-order valence-corrected chi connectivity index (χ4v) is 5.13. The molecule has 0 spiro atoms. The lowest BCUT2D eigenvalue weighted by atomic mass is 9.76. The molecule has 7 heteroatoms. The molecule has 2 aromatic heterocycles. The lowest BCUT2D eigenvalue weighted by Crippen LogP contribution is -2.47. The number of aryl methyl sites for hydroxylation is 1. The Hall–Kier alpha value is -2.38. The zero-order valence-electron chi connectivity index (χ0n) is 16.8. The lowest BCUT2D eigenvalue weighted by Gasteiger charge is -2.32. The van der Waals surface area contributed by atoms with Gasteiger partial charge in [-0.2, -0.15) is 0 Å². The van der Waals surface area contributed by atoms with Crippen molar-refractivity contribution in [2.24, 2.45) is 11.8 Å². The molecular formula is C22H28N6O. The maximum Gasteiger partial charge on any atom is 0.239 e. The van der Waals surface area contributed by atoms with Crippen molar-refractivity contribution in [1.29, 1.82) is 0 Å². The Bertz CT molecular complexity index is 888. The Kier molecular flexibility index (Phi) is 5.01. The van der Waals surface area contributed by atoms with Crippen LogP contribution in [0.3, 0.4) is 0 Å². The molecule has 7 nitrogen and oxygen atoms in total. The molecule has 1 amide bonds. The summed E-state index contributed by atoms with van der Waals surface area (Å²) in [6.07, 6.45) is 11.8. The molecule has 2 aromatic rings. The topological polar surface area (TPSA) is 91.8 Å². The Morgan fingerprint density at radius 3 is 3.00 bits per heavy atom. The van der Waals surface area contributed by atoms with Crippen LogP contribution in [0.15, 0.2) is 30.7 Å². The minimum Gasteiger partial charge on any atom is -0.348 e. The normalized spacial score (nSPS) is 31.0. The van der Waals surface area contributed by atoms with Gasteiger partial charge in [0.1, 0.15) is 6.04 Å². The van der Waals surface area contributed by atoms with Crippen molar-refractivity contribution in [3.8, 4) is 11.4 Å². The molecule has 5 atom stereocenters. The summed E-state index contributed by atoms with van der Waals surface area (Å²) < 4.78 is 0. The highest BCUT2D eigenvalue weighted by molar-refractivity contribution is 5.83. The number of carbonyl (C=O) groups excluding carboxylic acids is 1. The van der Waals surface area contributed by atoms with E-state index in [1.165, 1.54) is 6.42 Å². The highest BCUT2D eigenvalue weighted by Gasteiger charge is 2.43. The van der Waals surface area contributed by atoms with Crippen LogP contribution in [-0.4, -0.2) is 32.9 Å². The fourth-order valence-electron chi connectivity index (χ4n) is 5.13. The van der Waals surface area contributed by atoms with Crippen molar-refractivity contribution in [2.45, 2.75) is 63.6 Å². The molecule has 2 fully saturated rings. The molecule has 2 aliphatic carbocycles. The predicted molar refractivity (Wildman–Crippen MR) is 109 cm³/mol. The van der Waals surface area contributed by atoms with E-state index in [0.29, 0.717) is 23.7 Å². The molecule has 3 heterocycles. The van der Waals surface area contributed by atoms with E-state index in [9.17, 15) is 4.79 Å². The number of carbonyl (C=O) groups is 1. The van der Waals surface area contributed by atoms with Gasteiger partial charge in [0.2, 0.25) is 5.91 Å². The highest BCUT2D eigenvalue weighted by Crippen LogP contribution is 2.35. The van der Waals surface area contributed by atoms with E-state index < -0.39 is 0 Å². The van der Waals surface area contributed by atoms with Gasteiger partial charge < -0.3 is 5.32 Å². The molecule has 0 bridgehead atoms. The average Bonchev–Trinajstić information content (AvgIpc) is 3.17. The summed E-state index contributed by atoms with van der Waals surface area (Å²) in [5, 5.41) is 3.29. The van der Waals surface area contributed by atoms with E-state index in [-0.39, 0.29) is 18.0 Å². The third kappa shape index (κ3) is 3.65. The number of rotatable bonds is 3. The first kappa shape index (κ1) is 18.6. The second-order valence-electron chi connectivity index (χ2n) is 8.75. The summed E-state index contributed by atoms with van der Waals surface area (Å²) in [6, 6.07) is 4.09. The van der Waals surface area contributed by atoms with Crippen LogP contribution in [0.1, 0.15) is 56.3 Å². The van der Waals surface area contributed by atoms with Gasteiger partial charge in [-0.05, 0) is 56.6 Å².